The summed E-state index contributed by atoms with van der Waals surface area (Å²) < 4.78 is 1.47. The van der Waals surface area contributed by atoms with Crippen LogP contribution in [0, 0.1) is 5.92 Å². The highest BCUT2D eigenvalue weighted by Crippen LogP contribution is 2.42. The first-order valence-corrected chi connectivity index (χ1v) is 13.0. The average Bonchev–Trinajstić information content (AvgIpc) is 2.79. The Labute approximate surface area is 212 Å². The van der Waals surface area contributed by atoms with Crippen molar-refractivity contribution in [2.45, 2.75) is 59.0 Å². The van der Waals surface area contributed by atoms with E-state index < -0.39 is 0 Å². The number of carbonyl (C=O) groups excluding carboxylic acids is 1. The van der Waals surface area contributed by atoms with Gasteiger partial charge >= 0.3 is 0 Å². The van der Waals surface area contributed by atoms with Crippen LogP contribution in [0.15, 0.2) is 47.3 Å². The molecule has 0 radical (unpaired) electrons. The van der Waals surface area contributed by atoms with Crippen molar-refractivity contribution < 1.29 is 4.79 Å². The summed E-state index contributed by atoms with van der Waals surface area (Å²) in [7, 11) is 0. The molecule has 0 saturated heterocycles. The van der Waals surface area contributed by atoms with E-state index in [0.29, 0.717) is 39.1 Å². The molecular formula is C28H35ClN4O2. The lowest BCUT2D eigenvalue weighted by Crippen LogP contribution is -2.37. The zero-order chi connectivity index (χ0) is 25.1. The molecule has 1 aliphatic carbocycles. The number of rotatable bonds is 9. The van der Waals surface area contributed by atoms with Gasteiger partial charge in [0.1, 0.15) is 12.4 Å². The monoisotopic (exact) mass is 494 g/mol. The number of nitrogens with zero attached hydrogens (tertiary/aromatic N) is 3. The summed E-state index contributed by atoms with van der Waals surface area (Å²) in [6, 6.07) is 13.2. The van der Waals surface area contributed by atoms with Crippen LogP contribution < -0.4 is 10.9 Å². The van der Waals surface area contributed by atoms with Crippen molar-refractivity contribution in [2.75, 3.05) is 19.6 Å². The third-order valence-electron chi connectivity index (χ3n) is 6.93. The van der Waals surface area contributed by atoms with Crippen LogP contribution in [0.1, 0.15) is 52.0 Å². The number of hydrogen-bond acceptors (Lipinski definition) is 4. The molecule has 1 N–H and O–H groups in total. The van der Waals surface area contributed by atoms with E-state index in [2.05, 4.69) is 30.1 Å². The van der Waals surface area contributed by atoms with Crippen molar-refractivity contribution in [1.82, 2.24) is 19.8 Å². The molecule has 1 fully saturated rings. The summed E-state index contributed by atoms with van der Waals surface area (Å²) in [6.45, 7) is 11.4. The quantitative estimate of drug-likeness (QED) is 0.450. The van der Waals surface area contributed by atoms with Crippen molar-refractivity contribution in [2.24, 2.45) is 5.92 Å². The van der Waals surface area contributed by atoms with E-state index in [4.69, 9.17) is 16.6 Å². The van der Waals surface area contributed by atoms with Gasteiger partial charge in [-0.1, -0.05) is 43.6 Å². The average molecular weight is 495 g/mol. The fourth-order valence-electron chi connectivity index (χ4n) is 5.00. The Balaban J connectivity index is 1.69. The summed E-state index contributed by atoms with van der Waals surface area (Å²) in [5.41, 5.74) is 2.31. The van der Waals surface area contributed by atoms with Gasteiger partial charge < -0.3 is 10.2 Å². The smallest absolute Gasteiger partial charge is 0.262 e. The number of nitrogens with one attached hydrogen (secondary N) is 1. The van der Waals surface area contributed by atoms with Crippen molar-refractivity contribution >= 4 is 28.4 Å². The summed E-state index contributed by atoms with van der Waals surface area (Å²) in [4.78, 5) is 33.6. The molecule has 1 heterocycles. The van der Waals surface area contributed by atoms with Crippen LogP contribution in [0.25, 0.3) is 22.3 Å². The minimum atomic E-state index is -0.221. The topological polar surface area (TPSA) is 67.2 Å². The summed E-state index contributed by atoms with van der Waals surface area (Å²) in [5.74, 6) is 1.39. The fraction of sp³-hybridized carbons (Fsp3) is 0.464. The fourth-order valence-corrected chi connectivity index (χ4v) is 5.19. The summed E-state index contributed by atoms with van der Waals surface area (Å²) in [6.07, 6.45) is 2.28. The molecule has 35 heavy (non-hydrogen) atoms. The number of halogens is 1. The first kappa shape index (κ1) is 25.4. The van der Waals surface area contributed by atoms with Crippen LogP contribution in [0.3, 0.4) is 0 Å². The number of carbonyl (C=O) groups is 1. The van der Waals surface area contributed by atoms with Gasteiger partial charge in [0.25, 0.3) is 5.56 Å². The van der Waals surface area contributed by atoms with Crippen LogP contribution >= 0.6 is 11.6 Å². The predicted octanol–water partition coefficient (Wildman–Crippen LogP) is 5.08. The molecule has 6 nitrogen and oxygen atoms in total. The molecule has 1 amide bonds. The number of benzene rings is 2. The molecule has 3 aromatic rings. The Morgan fingerprint density at radius 1 is 1.17 bits per heavy atom. The van der Waals surface area contributed by atoms with Gasteiger partial charge in [-0.15, -0.1) is 0 Å². The molecule has 1 aromatic heterocycles. The third kappa shape index (κ3) is 5.76. The van der Waals surface area contributed by atoms with Gasteiger partial charge in [-0.25, -0.2) is 4.98 Å². The molecule has 186 valence electrons. The molecule has 0 spiro atoms. The van der Waals surface area contributed by atoms with E-state index in [1.165, 1.54) is 10.1 Å². The SMILES string of the molecule is CCN(CC)C[C@H]1C[C@@H](c2ccc3nc(-c4cccc(Cl)c4)n(CC(=O)NC(C)C)c(=O)c3c2)C1. The summed E-state index contributed by atoms with van der Waals surface area (Å²) >= 11 is 6.22. The Bertz CT molecular complexity index is 1260. The van der Waals surface area contributed by atoms with E-state index >= 15 is 0 Å². The van der Waals surface area contributed by atoms with Crippen LogP contribution in [0.5, 0.6) is 0 Å². The molecule has 0 unspecified atom stereocenters. The second kappa shape index (κ2) is 10.9. The van der Waals surface area contributed by atoms with E-state index in [-0.39, 0.29) is 24.1 Å². The molecule has 4 rings (SSSR count). The molecule has 0 atom stereocenters. The zero-order valence-corrected chi connectivity index (χ0v) is 21.8. The van der Waals surface area contributed by atoms with Gasteiger partial charge in [-0.05, 0) is 81.4 Å². The number of fused-ring (bicyclic) bond motifs is 1. The number of amides is 1. The Kier molecular flexibility index (Phi) is 7.92. The van der Waals surface area contributed by atoms with Gasteiger partial charge in [0.2, 0.25) is 5.91 Å². The lowest BCUT2D eigenvalue weighted by Gasteiger charge is -2.38. The van der Waals surface area contributed by atoms with E-state index in [1.54, 1.807) is 12.1 Å². The van der Waals surface area contributed by atoms with E-state index in [1.807, 2.05) is 38.1 Å². The Hall–Kier alpha value is -2.70. The highest BCUT2D eigenvalue weighted by atomic mass is 35.5. The zero-order valence-electron chi connectivity index (χ0n) is 21.1. The van der Waals surface area contributed by atoms with Crippen molar-refractivity contribution in [1.29, 1.82) is 0 Å². The molecule has 1 aliphatic rings. The third-order valence-corrected chi connectivity index (χ3v) is 7.17. The maximum Gasteiger partial charge on any atom is 0.262 e. The van der Waals surface area contributed by atoms with Crippen LogP contribution in [-0.4, -0.2) is 46.0 Å². The van der Waals surface area contributed by atoms with E-state index in [9.17, 15) is 9.59 Å². The minimum Gasteiger partial charge on any atom is -0.352 e. The van der Waals surface area contributed by atoms with Gasteiger partial charge in [0.15, 0.2) is 0 Å². The standard InChI is InChI=1S/C28H35ClN4O2/c1-5-32(6-2)16-19-12-22(13-19)20-10-11-25-24(15-20)28(35)33(17-26(34)30-18(3)4)27(31-25)21-8-7-9-23(29)14-21/h7-11,14-15,18-19,22H,5-6,12-13,16-17H2,1-4H3,(H,30,34)/t19-,22+. The van der Waals surface area contributed by atoms with E-state index in [0.717, 1.165) is 32.5 Å². The van der Waals surface area contributed by atoms with Crippen molar-refractivity contribution in [3.8, 4) is 11.4 Å². The lowest BCUT2D eigenvalue weighted by atomic mass is 9.71. The molecule has 0 bridgehead atoms. The number of aromatic nitrogens is 2. The van der Waals surface area contributed by atoms with Crippen molar-refractivity contribution in [3.63, 3.8) is 0 Å². The highest BCUT2D eigenvalue weighted by Gasteiger charge is 2.31. The summed E-state index contributed by atoms with van der Waals surface area (Å²) in [5, 5.41) is 3.98. The lowest BCUT2D eigenvalue weighted by molar-refractivity contribution is -0.122. The second-order valence-electron chi connectivity index (χ2n) is 9.86. The first-order valence-electron chi connectivity index (χ1n) is 12.6. The molecule has 0 aliphatic heterocycles. The van der Waals surface area contributed by atoms with Gasteiger partial charge in [0, 0.05) is 23.2 Å². The van der Waals surface area contributed by atoms with Crippen molar-refractivity contribution in [3.05, 3.63) is 63.4 Å². The minimum absolute atomic E-state index is 0.0178. The number of hydrogen-bond donors (Lipinski definition) is 1. The molecule has 1 saturated carbocycles. The van der Waals surface area contributed by atoms with Gasteiger partial charge in [-0.3, -0.25) is 14.2 Å². The van der Waals surface area contributed by atoms with Gasteiger partial charge in [-0.2, -0.15) is 0 Å². The van der Waals surface area contributed by atoms with Crippen LogP contribution in [0.4, 0.5) is 0 Å². The molecule has 7 heteroatoms. The van der Waals surface area contributed by atoms with Crippen LogP contribution in [0.2, 0.25) is 5.02 Å². The molecule has 2 aromatic carbocycles. The maximum atomic E-state index is 13.7. The second-order valence-corrected chi connectivity index (χ2v) is 10.3. The normalized spacial score (nSPS) is 17.7. The highest BCUT2D eigenvalue weighted by molar-refractivity contribution is 6.30. The van der Waals surface area contributed by atoms with Crippen LogP contribution in [-0.2, 0) is 11.3 Å². The predicted molar refractivity (Wildman–Crippen MR) is 143 cm³/mol. The Morgan fingerprint density at radius 3 is 2.57 bits per heavy atom. The molecular weight excluding hydrogens is 460 g/mol. The largest absolute Gasteiger partial charge is 0.352 e. The first-order chi connectivity index (χ1) is 16.8. The maximum absolute atomic E-state index is 13.7. The Morgan fingerprint density at radius 2 is 1.91 bits per heavy atom. The van der Waals surface area contributed by atoms with Gasteiger partial charge in [0.05, 0.1) is 10.9 Å².